The number of thiazole rings is 1. The second kappa shape index (κ2) is 5.85. The van der Waals surface area contributed by atoms with Gasteiger partial charge in [0.25, 0.3) is 0 Å². The molecule has 1 amide bonds. The number of aryl methyl sites for hydroxylation is 2. The average molecular weight is 301 g/mol. The van der Waals surface area contributed by atoms with Crippen molar-refractivity contribution in [3.05, 3.63) is 29.3 Å². The van der Waals surface area contributed by atoms with Crippen molar-refractivity contribution in [1.29, 1.82) is 0 Å². The first-order valence-electron chi connectivity index (χ1n) is 7.35. The molecular formula is C16H19N3OS. The number of hydrogen-bond donors (Lipinski definition) is 2. The molecule has 1 aliphatic rings. The zero-order valence-electron chi connectivity index (χ0n) is 12.1. The number of amides is 1. The first-order chi connectivity index (χ1) is 10.2. The van der Waals surface area contributed by atoms with Crippen molar-refractivity contribution in [3.63, 3.8) is 0 Å². The predicted octanol–water partition coefficient (Wildman–Crippen LogP) is 3.62. The molecule has 0 spiro atoms. The molecule has 0 unspecified atom stereocenters. The largest absolute Gasteiger partial charge is 0.389 e. The number of rotatable bonds is 3. The van der Waals surface area contributed by atoms with Gasteiger partial charge in [-0.3, -0.25) is 4.79 Å². The summed E-state index contributed by atoms with van der Waals surface area (Å²) in [6.07, 6.45) is 5.26. The smallest absolute Gasteiger partial charge is 0.225 e. The summed E-state index contributed by atoms with van der Waals surface area (Å²) in [4.78, 5) is 15.9. The molecule has 1 aromatic heterocycles. The monoisotopic (exact) mass is 301 g/mol. The standard InChI is InChI=1S/C16H19N3OS/c1-2-13(20)18-16-19-14(15(17)21-16)12-8-7-10-5-3-4-6-11(10)9-12/h7-9H,2-6,17H2,1H3,(H,18,19,20). The lowest BCUT2D eigenvalue weighted by atomic mass is 9.90. The molecule has 0 atom stereocenters. The molecule has 1 heterocycles. The van der Waals surface area contributed by atoms with Crippen molar-refractivity contribution >= 4 is 27.4 Å². The van der Waals surface area contributed by atoms with E-state index < -0.39 is 0 Å². The number of benzene rings is 1. The number of carbonyl (C=O) groups is 1. The van der Waals surface area contributed by atoms with Crippen molar-refractivity contribution in [2.24, 2.45) is 0 Å². The fourth-order valence-electron chi connectivity index (χ4n) is 2.68. The molecule has 5 heteroatoms. The van der Waals surface area contributed by atoms with Crippen LogP contribution in [-0.4, -0.2) is 10.9 Å². The third-order valence-corrected chi connectivity index (χ3v) is 4.64. The number of anilines is 2. The molecular weight excluding hydrogens is 282 g/mol. The Morgan fingerprint density at radius 1 is 1.33 bits per heavy atom. The second-order valence-corrected chi connectivity index (χ2v) is 6.35. The van der Waals surface area contributed by atoms with Crippen LogP contribution in [0, 0.1) is 0 Å². The van der Waals surface area contributed by atoms with Crippen LogP contribution in [0.5, 0.6) is 0 Å². The molecule has 1 aliphatic carbocycles. The van der Waals surface area contributed by atoms with Gasteiger partial charge in [-0.25, -0.2) is 4.98 Å². The van der Waals surface area contributed by atoms with Gasteiger partial charge < -0.3 is 11.1 Å². The number of nitrogens with one attached hydrogen (secondary N) is 1. The zero-order chi connectivity index (χ0) is 14.8. The lowest BCUT2D eigenvalue weighted by molar-refractivity contribution is -0.115. The number of nitrogen functional groups attached to an aromatic ring is 1. The maximum absolute atomic E-state index is 11.4. The molecule has 0 aliphatic heterocycles. The minimum Gasteiger partial charge on any atom is -0.389 e. The Morgan fingerprint density at radius 3 is 2.86 bits per heavy atom. The van der Waals surface area contributed by atoms with Crippen LogP contribution >= 0.6 is 11.3 Å². The minimum atomic E-state index is -0.0410. The Balaban J connectivity index is 1.91. The molecule has 110 valence electrons. The fraction of sp³-hybridized carbons (Fsp3) is 0.375. The van der Waals surface area contributed by atoms with Crippen molar-refractivity contribution in [1.82, 2.24) is 4.98 Å². The first-order valence-corrected chi connectivity index (χ1v) is 8.17. The first kappa shape index (κ1) is 14.1. The van der Waals surface area contributed by atoms with Crippen LogP contribution in [0.1, 0.15) is 37.3 Å². The zero-order valence-corrected chi connectivity index (χ0v) is 12.9. The highest BCUT2D eigenvalue weighted by atomic mass is 32.1. The average Bonchev–Trinajstić information content (AvgIpc) is 2.87. The van der Waals surface area contributed by atoms with Crippen LogP contribution in [0.25, 0.3) is 11.3 Å². The van der Waals surface area contributed by atoms with E-state index in [0.29, 0.717) is 16.6 Å². The third kappa shape index (κ3) is 2.93. The van der Waals surface area contributed by atoms with E-state index in [0.717, 1.165) is 17.7 Å². The third-order valence-electron chi connectivity index (χ3n) is 3.84. The molecule has 0 fully saturated rings. The molecule has 3 rings (SSSR count). The van der Waals surface area contributed by atoms with Gasteiger partial charge in [-0.1, -0.05) is 30.4 Å². The highest BCUT2D eigenvalue weighted by Gasteiger charge is 2.15. The number of nitrogens with two attached hydrogens (primary N) is 1. The Labute approximate surface area is 128 Å². The molecule has 2 aromatic rings. The molecule has 3 N–H and O–H groups in total. The Hall–Kier alpha value is -1.88. The topological polar surface area (TPSA) is 68.0 Å². The van der Waals surface area contributed by atoms with E-state index in [-0.39, 0.29) is 5.91 Å². The highest BCUT2D eigenvalue weighted by molar-refractivity contribution is 7.20. The SMILES string of the molecule is CCC(=O)Nc1nc(-c2ccc3c(c2)CCCC3)c(N)s1. The number of aromatic nitrogens is 1. The summed E-state index contributed by atoms with van der Waals surface area (Å²) in [7, 11) is 0. The molecule has 0 saturated heterocycles. The number of nitrogens with zero attached hydrogens (tertiary/aromatic N) is 1. The minimum absolute atomic E-state index is 0.0410. The number of carbonyl (C=O) groups excluding carboxylic acids is 1. The van der Waals surface area contributed by atoms with Crippen LogP contribution in [0.4, 0.5) is 10.1 Å². The maximum Gasteiger partial charge on any atom is 0.225 e. The van der Waals surface area contributed by atoms with Gasteiger partial charge in [0, 0.05) is 12.0 Å². The Morgan fingerprint density at radius 2 is 2.10 bits per heavy atom. The van der Waals surface area contributed by atoms with E-state index in [2.05, 4.69) is 28.5 Å². The number of hydrogen-bond acceptors (Lipinski definition) is 4. The summed E-state index contributed by atoms with van der Waals surface area (Å²) in [5, 5.41) is 4.00. The Bertz CT molecular complexity index is 678. The van der Waals surface area contributed by atoms with E-state index in [4.69, 9.17) is 5.73 Å². The normalized spacial score (nSPS) is 13.8. The molecule has 4 nitrogen and oxygen atoms in total. The van der Waals surface area contributed by atoms with Crippen LogP contribution in [-0.2, 0) is 17.6 Å². The summed E-state index contributed by atoms with van der Waals surface area (Å²) in [6.45, 7) is 1.82. The fourth-order valence-corrected chi connectivity index (χ4v) is 3.45. The molecule has 1 aromatic carbocycles. The number of fused-ring (bicyclic) bond motifs is 1. The molecule has 0 bridgehead atoms. The van der Waals surface area contributed by atoms with Crippen molar-refractivity contribution in [2.75, 3.05) is 11.1 Å². The van der Waals surface area contributed by atoms with Gasteiger partial charge >= 0.3 is 0 Å². The van der Waals surface area contributed by atoms with Crippen LogP contribution in [0.2, 0.25) is 0 Å². The van der Waals surface area contributed by atoms with Crippen LogP contribution < -0.4 is 11.1 Å². The highest BCUT2D eigenvalue weighted by Crippen LogP contribution is 2.35. The summed E-state index contributed by atoms with van der Waals surface area (Å²) < 4.78 is 0. The summed E-state index contributed by atoms with van der Waals surface area (Å²) in [5.41, 5.74) is 10.7. The van der Waals surface area contributed by atoms with Gasteiger partial charge in [-0.15, -0.1) is 0 Å². The van der Waals surface area contributed by atoms with Crippen molar-refractivity contribution < 1.29 is 4.79 Å². The summed E-state index contributed by atoms with van der Waals surface area (Å²) >= 11 is 1.33. The van der Waals surface area contributed by atoms with Crippen LogP contribution in [0.3, 0.4) is 0 Å². The predicted molar refractivity (Wildman–Crippen MR) is 87.5 cm³/mol. The van der Waals surface area contributed by atoms with Crippen LogP contribution in [0.15, 0.2) is 18.2 Å². The van der Waals surface area contributed by atoms with Gasteiger partial charge in [-0.2, -0.15) is 0 Å². The maximum atomic E-state index is 11.4. The second-order valence-electron chi connectivity index (χ2n) is 5.32. The van der Waals surface area contributed by atoms with Crippen molar-refractivity contribution in [2.45, 2.75) is 39.0 Å². The lowest BCUT2D eigenvalue weighted by Gasteiger charge is -2.16. The van der Waals surface area contributed by atoms with Gasteiger partial charge in [0.15, 0.2) is 5.13 Å². The van der Waals surface area contributed by atoms with E-state index >= 15 is 0 Å². The molecule has 0 radical (unpaired) electrons. The van der Waals surface area contributed by atoms with Gasteiger partial charge in [0.05, 0.1) is 0 Å². The van der Waals surface area contributed by atoms with E-state index in [1.54, 1.807) is 0 Å². The molecule has 0 saturated carbocycles. The van der Waals surface area contributed by atoms with Crippen molar-refractivity contribution in [3.8, 4) is 11.3 Å². The van der Waals surface area contributed by atoms with Gasteiger partial charge in [0.2, 0.25) is 5.91 Å². The lowest BCUT2D eigenvalue weighted by Crippen LogP contribution is -2.08. The summed E-state index contributed by atoms with van der Waals surface area (Å²) in [6, 6.07) is 6.47. The summed E-state index contributed by atoms with van der Waals surface area (Å²) in [5.74, 6) is -0.0410. The van der Waals surface area contributed by atoms with E-state index in [1.165, 1.54) is 41.7 Å². The Kier molecular flexibility index (Phi) is 3.92. The van der Waals surface area contributed by atoms with Gasteiger partial charge in [-0.05, 0) is 42.9 Å². The molecule has 21 heavy (non-hydrogen) atoms. The van der Waals surface area contributed by atoms with Gasteiger partial charge in [0.1, 0.15) is 10.7 Å². The quantitative estimate of drug-likeness (QED) is 0.909. The van der Waals surface area contributed by atoms with E-state index in [9.17, 15) is 4.79 Å². The van der Waals surface area contributed by atoms with E-state index in [1.807, 2.05) is 6.92 Å².